The van der Waals surface area contributed by atoms with Crippen molar-refractivity contribution in [2.45, 2.75) is 0 Å². The maximum absolute atomic E-state index is 5.48. The number of aromatic nitrogens is 3. The third kappa shape index (κ3) is 3.07. The highest BCUT2D eigenvalue weighted by molar-refractivity contribution is 9.10. The summed E-state index contributed by atoms with van der Waals surface area (Å²) in [6.45, 7) is 0. The largest absolute Gasteiger partial charge is 0.467 e. The van der Waals surface area contributed by atoms with Crippen LogP contribution in [0.1, 0.15) is 0 Å². The third-order valence-electron chi connectivity index (χ3n) is 1.96. The molecule has 94 valence electrons. The number of methoxy groups -OCH3 is 2. The first-order valence-corrected chi connectivity index (χ1v) is 5.78. The van der Waals surface area contributed by atoms with Crippen LogP contribution in [0.4, 0.5) is 0 Å². The van der Waals surface area contributed by atoms with E-state index in [2.05, 4.69) is 30.9 Å². The van der Waals surface area contributed by atoms with Crippen molar-refractivity contribution in [3.8, 4) is 23.8 Å². The predicted molar refractivity (Wildman–Crippen MR) is 67.1 cm³/mol. The first-order chi connectivity index (χ1) is 8.71. The minimum atomic E-state index is 0.112. The average Bonchev–Trinajstić information content (AvgIpc) is 2.41. The van der Waals surface area contributed by atoms with Crippen molar-refractivity contribution in [2.75, 3.05) is 14.2 Å². The van der Waals surface area contributed by atoms with E-state index in [1.807, 2.05) is 12.1 Å². The van der Waals surface area contributed by atoms with Gasteiger partial charge in [0, 0.05) is 4.47 Å². The number of benzene rings is 1. The first kappa shape index (κ1) is 12.6. The maximum atomic E-state index is 5.48. The lowest BCUT2D eigenvalue weighted by Gasteiger charge is -2.06. The number of hydrogen-bond acceptors (Lipinski definition) is 6. The topological polar surface area (TPSA) is 66.4 Å². The molecule has 0 atom stereocenters. The number of ether oxygens (including phenoxy) is 3. The lowest BCUT2D eigenvalue weighted by Crippen LogP contribution is -2.01. The fourth-order valence-electron chi connectivity index (χ4n) is 1.16. The second-order valence-corrected chi connectivity index (χ2v) is 4.06. The molecule has 7 heteroatoms. The van der Waals surface area contributed by atoms with Gasteiger partial charge < -0.3 is 14.2 Å². The molecule has 0 saturated carbocycles. The van der Waals surface area contributed by atoms with Crippen molar-refractivity contribution in [3.05, 3.63) is 28.7 Å². The normalized spacial score (nSPS) is 9.94. The minimum absolute atomic E-state index is 0.112. The Hall–Kier alpha value is -1.89. The Bertz CT molecular complexity index is 511. The molecule has 0 aliphatic carbocycles. The van der Waals surface area contributed by atoms with E-state index in [4.69, 9.17) is 14.2 Å². The van der Waals surface area contributed by atoms with Crippen molar-refractivity contribution in [1.82, 2.24) is 15.0 Å². The second-order valence-electron chi connectivity index (χ2n) is 3.15. The Morgan fingerprint density at radius 1 is 0.833 bits per heavy atom. The van der Waals surface area contributed by atoms with E-state index < -0.39 is 0 Å². The fourth-order valence-corrected chi connectivity index (χ4v) is 1.42. The number of halogens is 1. The molecular weight excluding hydrogens is 302 g/mol. The van der Waals surface area contributed by atoms with Crippen LogP contribution in [-0.4, -0.2) is 29.2 Å². The van der Waals surface area contributed by atoms with Crippen molar-refractivity contribution in [3.63, 3.8) is 0 Å². The maximum Gasteiger partial charge on any atom is 0.331 e. The molecule has 2 rings (SSSR count). The highest BCUT2D eigenvalue weighted by Gasteiger charge is 2.08. The van der Waals surface area contributed by atoms with Crippen molar-refractivity contribution < 1.29 is 14.2 Å². The monoisotopic (exact) mass is 311 g/mol. The van der Waals surface area contributed by atoms with Gasteiger partial charge in [-0.25, -0.2) is 0 Å². The number of nitrogens with zero attached hydrogens (tertiary/aromatic N) is 3. The molecule has 0 N–H and O–H groups in total. The summed E-state index contributed by atoms with van der Waals surface area (Å²) in [5.41, 5.74) is 0. The fraction of sp³-hybridized carbons (Fsp3) is 0.182. The van der Waals surface area contributed by atoms with Gasteiger partial charge in [0.15, 0.2) is 0 Å². The standard InChI is InChI=1S/C11H10BrN3O3/c1-16-9-13-10(17-2)15-11(14-9)18-8-5-3-7(12)4-6-8/h3-6H,1-2H3. The quantitative estimate of drug-likeness (QED) is 0.864. The van der Waals surface area contributed by atoms with Crippen LogP contribution >= 0.6 is 15.9 Å². The Labute approximate surface area is 112 Å². The van der Waals surface area contributed by atoms with Gasteiger partial charge in [-0.05, 0) is 24.3 Å². The minimum Gasteiger partial charge on any atom is -0.467 e. The summed E-state index contributed by atoms with van der Waals surface area (Å²) >= 11 is 3.34. The molecule has 0 aliphatic rings. The molecule has 0 unspecified atom stereocenters. The lowest BCUT2D eigenvalue weighted by atomic mass is 10.3. The summed E-state index contributed by atoms with van der Waals surface area (Å²) in [7, 11) is 2.91. The Kier molecular flexibility index (Phi) is 3.93. The lowest BCUT2D eigenvalue weighted by molar-refractivity contribution is 0.320. The molecule has 0 amide bonds. The number of hydrogen-bond donors (Lipinski definition) is 0. The molecule has 0 radical (unpaired) electrons. The zero-order valence-corrected chi connectivity index (χ0v) is 11.3. The molecular formula is C11H10BrN3O3. The summed E-state index contributed by atoms with van der Waals surface area (Å²) in [6, 6.07) is 7.65. The molecule has 0 spiro atoms. The average molecular weight is 312 g/mol. The van der Waals surface area contributed by atoms with Crippen LogP contribution in [0.3, 0.4) is 0 Å². The Balaban J connectivity index is 2.25. The number of rotatable bonds is 4. The van der Waals surface area contributed by atoms with Gasteiger partial charge in [0.1, 0.15) is 5.75 Å². The molecule has 1 heterocycles. The smallest absolute Gasteiger partial charge is 0.331 e. The van der Waals surface area contributed by atoms with Crippen LogP contribution in [0.25, 0.3) is 0 Å². The molecule has 2 aromatic rings. The van der Waals surface area contributed by atoms with E-state index in [0.717, 1.165) is 4.47 Å². The van der Waals surface area contributed by atoms with Crippen molar-refractivity contribution in [1.29, 1.82) is 0 Å². The second kappa shape index (κ2) is 5.63. The van der Waals surface area contributed by atoms with Crippen molar-refractivity contribution in [2.24, 2.45) is 0 Å². The van der Waals surface area contributed by atoms with E-state index in [1.165, 1.54) is 14.2 Å². The van der Waals surface area contributed by atoms with Crippen LogP contribution in [0.2, 0.25) is 0 Å². The summed E-state index contributed by atoms with van der Waals surface area (Å²) in [6.07, 6.45) is 0. The van der Waals surface area contributed by atoms with Crippen LogP contribution in [0.15, 0.2) is 28.7 Å². The van der Waals surface area contributed by atoms with Gasteiger partial charge in [-0.3, -0.25) is 0 Å². The van der Waals surface area contributed by atoms with Gasteiger partial charge in [-0.1, -0.05) is 15.9 Å². The highest BCUT2D eigenvalue weighted by Crippen LogP contribution is 2.22. The van der Waals surface area contributed by atoms with Gasteiger partial charge in [0.25, 0.3) is 0 Å². The van der Waals surface area contributed by atoms with E-state index >= 15 is 0 Å². The van der Waals surface area contributed by atoms with Gasteiger partial charge in [-0.15, -0.1) is 15.0 Å². The molecule has 0 saturated heterocycles. The van der Waals surface area contributed by atoms with Crippen LogP contribution in [0.5, 0.6) is 23.8 Å². The van der Waals surface area contributed by atoms with Crippen LogP contribution < -0.4 is 14.2 Å². The SMILES string of the molecule is COc1nc(OC)nc(Oc2ccc(Br)cc2)n1. The molecule has 0 aliphatic heterocycles. The molecule has 1 aromatic carbocycles. The zero-order chi connectivity index (χ0) is 13.0. The van der Waals surface area contributed by atoms with E-state index in [1.54, 1.807) is 12.1 Å². The Morgan fingerprint density at radius 3 is 1.83 bits per heavy atom. The summed E-state index contributed by atoms with van der Waals surface area (Å²) in [4.78, 5) is 11.8. The summed E-state index contributed by atoms with van der Waals surface area (Å²) in [5, 5.41) is 0. The van der Waals surface area contributed by atoms with Crippen LogP contribution in [-0.2, 0) is 0 Å². The van der Waals surface area contributed by atoms with E-state index in [0.29, 0.717) is 5.75 Å². The summed E-state index contributed by atoms with van der Waals surface area (Å²) in [5.74, 6) is 0.605. The van der Waals surface area contributed by atoms with Crippen molar-refractivity contribution >= 4 is 15.9 Å². The van der Waals surface area contributed by atoms with Gasteiger partial charge in [0.2, 0.25) is 0 Å². The molecule has 0 fully saturated rings. The van der Waals surface area contributed by atoms with Crippen LogP contribution in [0, 0.1) is 0 Å². The molecule has 6 nitrogen and oxygen atoms in total. The summed E-state index contributed by atoms with van der Waals surface area (Å²) < 4.78 is 16.3. The predicted octanol–water partition coefficient (Wildman–Crippen LogP) is 2.44. The highest BCUT2D eigenvalue weighted by atomic mass is 79.9. The zero-order valence-electron chi connectivity index (χ0n) is 9.75. The van der Waals surface area contributed by atoms with Gasteiger partial charge in [0.05, 0.1) is 14.2 Å². The Morgan fingerprint density at radius 2 is 1.33 bits per heavy atom. The molecule has 1 aromatic heterocycles. The third-order valence-corrected chi connectivity index (χ3v) is 2.49. The molecule has 0 bridgehead atoms. The van der Waals surface area contributed by atoms with E-state index in [-0.39, 0.29) is 18.0 Å². The molecule has 18 heavy (non-hydrogen) atoms. The first-order valence-electron chi connectivity index (χ1n) is 4.98. The van der Waals surface area contributed by atoms with Gasteiger partial charge in [-0.2, -0.15) is 0 Å². The van der Waals surface area contributed by atoms with Gasteiger partial charge >= 0.3 is 18.0 Å². The van der Waals surface area contributed by atoms with E-state index in [9.17, 15) is 0 Å².